The van der Waals surface area contributed by atoms with E-state index >= 15 is 0 Å². The molecule has 0 spiro atoms. The van der Waals surface area contributed by atoms with E-state index in [1.807, 2.05) is 29.6 Å². The average molecular weight is 488 g/mol. The van der Waals surface area contributed by atoms with Crippen molar-refractivity contribution in [3.8, 4) is 11.3 Å². The van der Waals surface area contributed by atoms with Gasteiger partial charge in [0.1, 0.15) is 5.82 Å². The third-order valence-electron chi connectivity index (χ3n) is 5.28. The molecule has 9 heteroatoms. The van der Waals surface area contributed by atoms with Gasteiger partial charge in [-0.05, 0) is 48.2 Å². The molecule has 0 aliphatic carbocycles. The second-order valence-electron chi connectivity index (χ2n) is 7.75. The first-order valence-corrected chi connectivity index (χ1v) is 12.4. The fraction of sp³-hybridized carbons (Fsp3) is 0.120. The van der Waals surface area contributed by atoms with Crippen LogP contribution in [-0.4, -0.2) is 25.2 Å². The first-order chi connectivity index (χ1) is 16.6. The number of rotatable bonds is 7. The van der Waals surface area contributed by atoms with E-state index in [0.717, 1.165) is 10.4 Å². The Morgan fingerprint density at radius 1 is 1.15 bits per heavy atom. The molecule has 0 bridgehead atoms. The van der Waals surface area contributed by atoms with Crippen LogP contribution in [0.5, 0.6) is 0 Å². The van der Waals surface area contributed by atoms with E-state index in [1.54, 1.807) is 52.0 Å². The number of aryl methyl sites for hydroxylation is 1. The van der Waals surface area contributed by atoms with Crippen molar-refractivity contribution in [2.45, 2.75) is 20.0 Å². The van der Waals surface area contributed by atoms with Crippen LogP contribution in [0.2, 0.25) is 0 Å². The highest BCUT2D eigenvalue weighted by Gasteiger charge is 2.18. The Morgan fingerprint density at radius 2 is 2.06 bits per heavy atom. The predicted molar refractivity (Wildman–Crippen MR) is 136 cm³/mol. The zero-order valence-corrected chi connectivity index (χ0v) is 20.0. The van der Waals surface area contributed by atoms with Crippen LogP contribution in [0.15, 0.2) is 82.7 Å². The quantitative estimate of drug-likeness (QED) is 0.354. The van der Waals surface area contributed by atoms with Gasteiger partial charge < -0.3 is 9.88 Å². The maximum atomic E-state index is 13.1. The molecule has 34 heavy (non-hydrogen) atoms. The molecule has 5 aromatic rings. The van der Waals surface area contributed by atoms with Crippen LogP contribution >= 0.6 is 22.7 Å². The van der Waals surface area contributed by atoms with Gasteiger partial charge in [-0.15, -0.1) is 11.3 Å². The second kappa shape index (κ2) is 9.58. The van der Waals surface area contributed by atoms with E-state index in [9.17, 15) is 9.59 Å². The molecular formula is C25H21N5O2S2. The molecule has 0 radical (unpaired) electrons. The summed E-state index contributed by atoms with van der Waals surface area (Å²) in [5, 5.41) is 11.6. The van der Waals surface area contributed by atoms with Crippen LogP contribution in [-0.2, 0) is 13.1 Å². The second-order valence-corrected chi connectivity index (χ2v) is 9.91. The molecule has 0 fully saturated rings. The number of nitrogens with zero attached hydrogens (tertiary/aromatic N) is 4. The Morgan fingerprint density at radius 3 is 2.76 bits per heavy atom. The van der Waals surface area contributed by atoms with Crippen LogP contribution in [0.3, 0.4) is 0 Å². The minimum absolute atomic E-state index is 0.149. The lowest BCUT2D eigenvalue weighted by atomic mass is 10.2. The molecule has 7 nitrogen and oxygen atoms in total. The van der Waals surface area contributed by atoms with Gasteiger partial charge in [-0.3, -0.25) is 14.6 Å². The van der Waals surface area contributed by atoms with Gasteiger partial charge in [-0.25, -0.2) is 0 Å². The average Bonchev–Trinajstić information content (AvgIpc) is 3.60. The number of anilines is 1. The van der Waals surface area contributed by atoms with E-state index in [1.165, 1.54) is 20.9 Å². The Bertz CT molecular complexity index is 1480. The van der Waals surface area contributed by atoms with Crippen molar-refractivity contribution < 1.29 is 4.79 Å². The third kappa shape index (κ3) is 4.75. The lowest BCUT2D eigenvalue weighted by Crippen LogP contribution is -2.19. The van der Waals surface area contributed by atoms with Crippen molar-refractivity contribution in [3.63, 3.8) is 0 Å². The first kappa shape index (κ1) is 22.0. The minimum atomic E-state index is -0.220. The van der Waals surface area contributed by atoms with Gasteiger partial charge in [-0.2, -0.15) is 21.1 Å². The summed E-state index contributed by atoms with van der Waals surface area (Å²) in [4.78, 5) is 32.4. The normalized spacial score (nSPS) is 11.0. The summed E-state index contributed by atoms with van der Waals surface area (Å²) < 4.78 is 2.99. The van der Waals surface area contributed by atoms with Gasteiger partial charge in [0, 0.05) is 51.4 Å². The van der Waals surface area contributed by atoms with E-state index < -0.39 is 0 Å². The maximum Gasteiger partial charge on any atom is 0.280 e. The lowest BCUT2D eigenvalue weighted by molar-refractivity contribution is 0.0948. The number of nitrogens with one attached hydrogen (secondary N) is 1. The van der Waals surface area contributed by atoms with Gasteiger partial charge in [0.25, 0.3) is 11.5 Å². The molecule has 0 amide bonds. The third-order valence-corrected chi connectivity index (χ3v) is 6.96. The van der Waals surface area contributed by atoms with Crippen molar-refractivity contribution in [1.29, 1.82) is 0 Å². The van der Waals surface area contributed by atoms with Crippen LogP contribution in [0.4, 0.5) is 5.82 Å². The highest BCUT2D eigenvalue weighted by molar-refractivity contribution is 7.11. The number of hydrogen-bond donors (Lipinski definition) is 1. The van der Waals surface area contributed by atoms with Gasteiger partial charge in [0.2, 0.25) is 0 Å². The van der Waals surface area contributed by atoms with Gasteiger partial charge in [0.15, 0.2) is 0 Å². The van der Waals surface area contributed by atoms with E-state index in [2.05, 4.69) is 34.5 Å². The number of pyridine rings is 2. The summed E-state index contributed by atoms with van der Waals surface area (Å²) in [7, 11) is 0. The molecule has 5 heterocycles. The van der Waals surface area contributed by atoms with Crippen LogP contribution < -0.4 is 10.9 Å². The molecule has 0 saturated carbocycles. The largest absolute Gasteiger partial charge is 0.365 e. The number of aromatic nitrogens is 4. The summed E-state index contributed by atoms with van der Waals surface area (Å²) in [5.41, 5.74) is 2.57. The molecule has 0 aromatic carbocycles. The number of carbonyl (C=O) groups excluding carboxylic acids is 1. The zero-order chi connectivity index (χ0) is 23.5. The van der Waals surface area contributed by atoms with Crippen LogP contribution in [0.1, 0.15) is 25.7 Å². The Kier molecular flexibility index (Phi) is 6.20. The Balaban J connectivity index is 1.45. The molecule has 0 saturated heterocycles. The topological polar surface area (TPSA) is 81.8 Å². The summed E-state index contributed by atoms with van der Waals surface area (Å²) in [5.74, 6) is 0.360. The van der Waals surface area contributed by atoms with E-state index in [0.29, 0.717) is 35.7 Å². The summed E-state index contributed by atoms with van der Waals surface area (Å²) in [6.45, 7) is 3.07. The number of hydrogen-bond acceptors (Lipinski definition) is 7. The highest BCUT2D eigenvalue weighted by Crippen LogP contribution is 2.24. The fourth-order valence-electron chi connectivity index (χ4n) is 3.56. The van der Waals surface area contributed by atoms with E-state index in [-0.39, 0.29) is 11.5 Å². The molecule has 5 aromatic heterocycles. The molecule has 0 unspecified atom stereocenters. The molecule has 0 aliphatic heterocycles. The minimum Gasteiger partial charge on any atom is -0.365 e. The van der Waals surface area contributed by atoms with Crippen molar-refractivity contribution in [1.82, 2.24) is 19.3 Å². The van der Waals surface area contributed by atoms with Crippen LogP contribution in [0.25, 0.3) is 11.3 Å². The SMILES string of the molecule is Cc1ccc(CNc2cc(-c3ccn(Cc4cccnc4)c(=O)c3)nn2C(=O)c2ccsc2)s1. The smallest absolute Gasteiger partial charge is 0.280 e. The molecule has 5 rings (SSSR count). The first-order valence-electron chi connectivity index (χ1n) is 10.6. The standard InChI is InChI=1S/C25H21N5O2S2/c1-17-4-5-21(34-17)14-27-23-12-22(28-30(23)25(32)20-7-10-33-16-20)19-6-9-29(24(31)11-19)15-18-3-2-8-26-13-18/h2-13,16,27H,14-15H2,1H3. The number of carbonyl (C=O) groups is 1. The predicted octanol–water partition coefficient (Wildman–Crippen LogP) is 4.89. The van der Waals surface area contributed by atoms with Gasteiger partial charge in [0.05, 0.1) is 24.3 Å². The molecular weight excluding hydrogens is 466 g/mol. The Labute approximate surface area is 204 Å². The van der Waals surface area contributed by atoms with Crippen molar-refractivity contribution in [2.75, 3.05) is 5.32 Å². The summed E-state index contributed by atoms with van der Waals surface area (Å²) in [6.07, 6.45) is 5.19. The molecule has 0 aliphatic rings. The van der Waals surface area contributed by atoms with Crippen molar-refractivity contribution in [2.24, 2.45) is 0 Å². The zero-order valence-electron chi connectivity index (χ0n) is 18.3. The van der Waals surface area contributed by atoms with Gasteiger partial charge >= 0.3 is 0 Å². The maximum absolute atomic E-state index is 13.1. The molecule has 0 atom stereocenters. The van der Waals surface area contributed by atoms with Crippen LogP contribution in [0, 0.1) is 6.92 Å². The summed E-state index contributed by atoms with van der Waals surface area (Å²) >= 11 is 3.16. The van der Waals surface area contributed by atoms with Gasteiger partial charge in [-0.1, -0.05) is 6.07 Å². The van der Waals surface area contributed by atoms with Crippen molar-refractivity contribution >= 4 is 34.4 Å². The summed E-state index contributed by atoms with van der Waals surface area (Å²) in [6, 6.07) is 14.9. The number of thiophene rings is 2. The Hall–Kier alpha value is -3.82. The van der Waals surface area contributed by atoms with Crippen molar-refractivity contribution in [3.05, 3.63) is 109 Å². The fourth-order valence-corrected chi connectivity index (χ4v) is 5.02. The monoisotopic (exact) mass is 487 g/mol. The highest BCUT2D eigenvalue weighted by atomic mass is 32.1. The van der Waals surface area contributed by atoms with E-state index in [4.69, 9.17) is 0 Å². The molecule has 170 valence electrons. The lowest BCUT2D eigenvalue weighted by Gasteiger charge is -2.07. The molecule has 1 N–H and O–H groups in total.